The van der Waals surface area contributed by atoms with Crippen molar-refractivity contribution in [3.8, 4) is 0 Å². The van der Waals surface area contributed by atoms with E-state index in [4.69, 9.17) is 27.6 Å². The van der Waals surface area contributed by atoms with Gasteiger partial charge >= 0.3 is 0 Å². The number of halogens is 2. The lowest BCUT2D eigenvalue weighted by atomic mass is 10.2. The maximum atomic E-state index is 6.00. The number of furan rings is 1. The van der Waals surface area contributed by atoms with E-state index in [1.807, 2.05) is 0 Å². The molecule has 0 aliphatic carbocycles. The van der Waals surface area contributed by atoms with Crippen LogP contribution in [0.4, 0.5) is 0 Å². The SMILES string of the molecule is Clc1nccc2c1oc1ccnc(Cl)c12. The summed E-state index contributed by atoms with van der Waals surface area (Å²) in [5.41, 5.74) is 1.21. The van der Waals surface area contributed by atoms with E-state index < -0.39 is 0 Å². The summed E-state index contributed by atoms with van der Waals surface area (Å²) >= 11 is 11.9. The zero-order chi connectivity index (χ0) is 10.4. The van der Waals surface area contributed by atoms with Gasteiger partial charge < -0.3 is 4.42 Å². The molecule has 0 spiro atoms. The Labute approximate surface area is 94.6 Å². The van der Waals surface area contributed by atoms with Crippen molar-refractivity contribution in [3.05, 3.63) is 34.8 Å². The Balaban J connectivity index is 2.65. The fourth-order valence-electron chi connectivity index (χ4n) is 1.58. The van der Waals surface area contributed by atoms with Crippen LogP contribution in [0.3, 0.4) is 0 Å². The van der Waals surface area contributed by atoms with Crippen LogP contribution in [0.1, 0.15) is 0 Å². The number of nitrogens with zero attached hydrogens (tertiary/aromatic N) is 2. The Morgan fingerprint density at radius 2 is 1.73 bits per heavy atom. The van der Waals surface area contributed by atoms with Crippen LogP contribution in [0.2, 0.25) is 10.3 Å². The average molecular weight is 239 g/mol. The molecular weight excluding hydrogens is 235 g/mol. The summed E-state index contributed by atoms with van der Waals surface area (Å²) in [6.45, 7) is 0. The van der Waals surface area contributed by atoms with Crippen molar-refractivity contribution in [2.75, 3.05) is 0 Å². The molecule has 3 aromatic heterocycles. The van der Waals surface area contributed by atoms with Gasteiger partial charge in [-0.1, -0.05) is 23.2 Å². The van der Waals surface area contributed by atoms with Gasteiger partial charge in [0.2, 0.25) is 0 Å². The van der Waals surface area contributed by atoms with E-state index in [9.17, 15) is 0 Å². The number of fused-ring (bicyclic) bond motifs is 3. The minimum absolute atomic E-state index is 0.333. The van der Waals surface area contributed by atoms with Gasteiger partial charge in [0, 0.05) is 17.8 Å². The molecule has 0 unspecified atom stereocenters. The fourth-order valence-corrected chi connectivity index (χ4v) is 2.02. The number of pyridine rings is 2. The van der Waals surface area contributed by atoms with Gasteiger partial charge in [-0.2, -0.15) is 0 Å². The second-order valence-corrected chi connectivity index (χ2v) is 3.77. The van der Waals surface area contributed by atoms with Gasteiger partial charge in [0.1, 0.15) is 10.7 Å². The molecule has 0 saturated carbocycles. The van der Waals surface area contributed by atoms with E-state index >= 15 is 0 Å². The lowest BCUT2D eigenvalue weighted by molar-refractivity contribution is 0.666. The monoisotopic (exact) mass is 238 g/mol. The van der Waals surface area contributed by atoms with E-state index in [0.29, 0.717) is 21.5 Å². The average Bonchev–Trinajstić information content (AvgIpc) is 2.59. The van der Waals surface area contributed by atoms with E-state index in [1.165, 1.54) is 0 Å². The van der Waals surface area contributed by atoms with Crippen LogP contribution in [-0.2, 0) is 0 Å². The normalized spacial score (nSPS) is 11.3. The third-order valence-electron chi connectivity index (χ3n) is 2.21. The molecule has 15 heavy (non-hydrogen) atoms. The zero-order valence-electron chi connectivity index (χ0n) is 7.37. The molecule has 0 aromatic carbocycles. The van der Waals surface area contributed by atoms with Crippen LogP contribution in [0.25, 0.3) is 21.9 Å². The Morgan fingerprint density at radius 3 is 2.60 bits per heavy atom. The number of rotatable bonds is 0. The molecule has 0 atom stereocenters. The van der Waals surface area contributed by atoms with Crippen molar-refractivity contribution < 1.29 is 4.42 Å². The summed E-state index contributed by atoms with van der Waals surface area (Å²) in [5.74, 6) is 0. The maximum Gasteiger partial charge on any atom is 0.172 e. The van der Waals surface area contributed by atoms with Crippen LogP contribution in [0, 0.1) is 0 Å². The van der Waals surface area contributed by atoms with Crippen molar-refractivity contribution in [3.63, 3.8) is 0 Å². The predicted octanol–water partition coefficient (Wildman–Crippen LogP) is 3.68. The highest BCUT2D eigenvalue weighted by molar-refractivity contribution is 6.38. The van der Waals surface area contributed by atoms with Crippen LogP contribution in [0.5, 0.6) is 0 Å². The largest absolute Gasteiger partial charge is 0.453 e. The van der Waals surface area contributed by atoms with Gasteiger partial charge in [0.05, 0.1) is 5.39 Å². The molecule has 0 aliphatic rings. The first-order chi connectivity index (χ1) is 7.27. The first kappa shape index (κ1) is 8.95. The van der Waals surface area contributed by atoms with Crippen LogP contribution >= 0.6 is 23.2 Å². The van der Waals surface area contributed by atoms with Gasteiger partial charge in [0.15, 0.2) is 10.7 Å². The van der Waals surface area contributed by atoms with Crippen molar-refractivity contribution in [2.45, 2.75) is 0 Å². The summed E-state index contributed by atoms with van der Waals surface area (Å²) in [6, 6.07) is 3.55. The second-order valence-electron chi connectivity index (χ2n) is 3.06. The number of hydrogen-bond donors (Lipinski definition) is 0. The maximum absolute atomic E-state index is 6.00. The first-order valence-electron chi connectivity index (χ1n) is 4.24. The third-order valence-corrected chi connectivity index (χ3v) is 2.76. The Morgan fingerprint density at radius 1 is 1.00 bits per heavy atom. The van der Waals surface area contributed by atoms with Crippen molar-refractivity contribution in [1.82, 2.24) is 9.97 Å². The van der Waals surface area contributed by atoms with Crippen LogP contribution in [-0.4, -0.2) is 9.97 Å². The molecule has 0 aliphatic heterocycles. The van der Waals surface area contributed by atoms with Gasteiger partial charge in [-0.15, -0.1) is 0 Å². The molecule has 3 heterocycles. The van der Waals surface area contributed by atoms with Crippen molar-refractivity contribution in [1.29, 1.82) is 0 Å². The molecule has 0 N–H and O–H groups in total. The molecule has 0 radical (unpaired) electrons. The molecule has 0 bridgehead atoms. The molecule has 0 fully saturated rings. The fraction of sp³-hybridized carbons (Fsp3) is 0. The van der Waals surface area contributed by atoms with Crippen LogP contribution in [0.15, 0.2) is 28.9 Å². The van der Waals surface area contributed by atoms with Crippen LogP contribution < -0.4 is 0 Å². The highest BCUT2D eigenvalue weighted by Crippen LogP contribution is 2.34. The van der Waals surface area contributed by atoms with E-state index in [2.05, 4.69) is 9.97 Å². The predicted molar refractivity (Wildman–Crippen MR) is 59.3 cm³/mol. The second kappa shape index (κ2) is 3.08. The molecule has 5 heteroatoms. The molecule has 74 valence electrons. The minimum atomic E-state index is 0.333. The summed E-state index contributed by atoms with van der Waals surface area (Å²) in [4.78, 5) is 7.94. The quantitative estimate of drug-likeness (QED) is 0.561. The van der Waals surface area contributed by atoms with Gasteiger partial charge in [-0.3, -0.25) is 0 Å². The minimum Gasteiger partial charge on any atom is -0.453 e. The topological polar surface area (TPSA) is 38.9 Å². The smallest absolute Gasteiger partial charge is 0.172 e. The Hall–Kier alpha value is -1.32. The highest BCUT2D eigenvalue weighted by atomic mass is 35.5. The molecule has 3 rings (SSSR count). The summed E-state index contributed by atoms with van der Waals surface area (Å²) < 4.78 is 5.55. The molecule has 3 nitrogen and oxygen atoms in total. The third kappa shape index (κ3) is 1.20. The van der Waals surface area contributed by atoms with E-state index in [1.54, 1.807) is 24.5 Å². The molecule has 0 saturated heterocycles. The molecular formula is C10H4Cl2N2O. The molecule has 3 aromatic rings. The number of hydrogen-bond acceptors (Lipinski definition) is 3. The van der Waals surface area contributed by atoms with Crippen molar-refractivity contribution in [2.24, 2.45) is 0 Å². The summed E-state index contributed by atoms with van der Waals surface area (Å²) in [5, 5.41) is 2.36. The van der Waals surface area contributed by atoms with Gasteiger partial charge in [-0.25, -0.2) is 9.97 Å². The molecule has 0 amide bonds. The summed E-state index contributed by atoms with van der Waals surface area (Å²) in [6.07, 6.45) is 3.21. The Bertz CT molecular complexity index is 663. The van der Waals surface area contributed by atoms with E-state index in [-0.39, 0.29) is 0 Å². The lowest BCUT2D eigenvalue weighted by Crippen LogP contribution is -1.75. The highest BCUT2D eigenvalue weighted by Gasteiger charge is 2.13. The Kier molecular flexibility index (Phi) is 1.84. The number of aromatic nitrogens is 2. The lowest BCUT2D eigenvalue weighted by Gasteiger charge is -1.91. The zero-order valence-corrected chi connectivity index (χ0v) is 8.88. The standard InChI is InChI=1S/C10H4Cl2N2O/c11-9-7-5-1-3-14-10(12)8(5)15-6(7)2-4-13-9/h1-4H. The van der Waals surface area contributed by atoms with Gasteiger partial charge in [0.25, 0.3) is 0 Å². The van der Waals surface area contributed by atoms with Gasteiger partial charge in [-0.05, 0) is 12.1 Å². The summed E-state index contributed by atoms with van der Waals surface area (Å²) in [7, 11) is 0. The first-order valence-corrected chi connectivity index (χ1v) is 5.00. The van der Waals surface area contributed by atoms with Crippen molar-refractivity contribution >= 4 is 45.1 Å². The van der Waals surface area contributed by atoms with E-state index in [0.717, 1.165) is 10.8 Å².